The molecule has 3 nitrogen and oxygen atoms in total. The number of fused-ring (bicyclic) bond motifs is 4. The fraction of sp³-hybridized carbons (Fsp3) is 0. The summed E-state index contributed by atoms with van der Waals surface area (Å²) in [6.07, 6.45) is 3.96. The Morgan fingerprint density at radius 1 is 0.792 bits per heavy atom. The molecule has 5 rings (SSSR count). The number of nitrogens with one attached hydrogen (secondary N) is 1. The van der Waals surface area contributed by atoms with Crippen LogP contribution in [0.4, 0.5) is 0 Å². The standard InChI is InChI=1S/C21H14N2O/c1-2-9-17-15(7-1)16-8-5-6-14(21(16)23-17)12-13-20-22-18-10-3-4-11-19(18)24-20/h1-13,23H/b13-12+. The van der Waals surface area contributed by atoms with Gasteiger partial charge in [0.15, 0.2) is 5.58 Å². The van der Waals surface area contributed by atoms with Crippen LogP contribution in [0, 0.1) is 0 Å². The first-order valence-electron chi connectivity index (χ1n) is 7.91. The Bertz CT molecular complexity index is 1180. The summed E-state index contributed by atoms with van der Waals surface area (Å²) in [5, 5.41) is 2.47. The number of hydrogen-bond donors (Lipinski definition) is 1. The van der Waals surface area contributed by atoms with E-state index in [2.05, 4.69) is 46.4 Å². The molecular weight excluding hydrogens is 296 g/mol. The Morgan fingerprint density at radius 2 is 1.62 bits per heavy atom. The number of nitrogens with zero attached hydrogens (tertiary/aromatic N) is 1. The molecule has 0 radical (unpaired) electrons. The Morgan fingerprint density at radius 3 is 2.58 bits per heavy atom. The number of para-hydroxylation sites is 4. The zero-order chi connectivity index (χ0) is 15.9. The summed E-state index contributed by atoms with van der Waals surface area (Å²) in [4.78, 5) is 7.99. The van der Waals surface area contributed by atoms with Crippen molar-refractivity contribution < 1.29 is 4.42 Å². The fourth-order valence-electron chi connectivity index (χ4n) is 3.16. The summed E-state index contributed by atoms with van der Waals surface area (Å²) in [5.74, 6) is 0.615. The third kappa shape index (κ3) is 2.02. The number of aromatic nitrogens is 2. The normalized spacial score (nSPS) is 12.0. The molecule has 0 unspecified atom stereocenters. The molecule has 0 amide bonds. The molecule has 0 aliphatic rings. The van der Waals surface area contributed by atoms with Crippen molar-refractivity contribution in [1.82, 2.24) is 9.97 Å². The van der Waals surface area contributed by atoms with Crippen molar-refractivity contribution in [3.05, 3.63) is 78.2 Å². The number of H-pyrrole nitrogens is 1. The summed E-state index contributed by atoms with van der Waals surface area (Å²) >= 11 is 0. The topological polar surface area (TPSA) is 41.8 Å². The van der Waals surface area contributed by atoms with E-state index >= 15 is 0 Å². The van der Waals surface area contributed by atoms with Crippen LogP contribution in [0.15, 0.2) is 71.1 Å². The van der Waals surface area contributed by atoms with Gasteiger partial charge in [0, 0.05) is 22.4 Å². The molecule has 2 aromatic heterocycles. The van der Waals surface area contributed by atoms with E-state index < -0.39 is 0 Å². The van der Waals surface area contributed by atoms with Gasteiger partial charge in [0.25, 0.3) is 0 Å². The summed E-state index contributed by atoms with van der Waals surface area (Å²) in [6.45, 7) is 0. The summed E-state index contributed by atoms with van der Waals surface area (Å²) < 4.78 is 5.75. The van der Waals surface area contributed by atoms with Crippen molar-refractivity contribution in [2.24, 2.45) is 0 Å². The molecule has 0 bridgehead atoms. The van der Waals surface area contributed by atoms with E-state index in [-0.39, 0.29) is 0 Å². The molecule has 0 aliphatic carbocycles. The molecule has 0 saturated carbocycles. The Kier molecular flexibility index (Phi) is 2.79. The van der Waals surface area contributed by atoms with Crippen LogP contribution < -0.4 is 0 Å². The van der Waals surface area contributed by atoms with Crippen LogP contribution in [-0.4, -0.2) is 9.97 Å². The smallest absolute Gasteiger partial charge is 0.220 e. The van der Waals surface area contributed by atoms with Gasteiger partial charge >= 0.3 is 0 Å². The first-order chi connectivity index (χ1) is 11.9. The van der Waals surface area contributed by atoms with Crippen LogP contribution in [0.3, 0.4) is 0 Å². The quantitative estimate of drug-likeness (QED) is 0.459. The van der Waals surface area contributed by atoms with Crippen LogP contribution in [-0.2, 0) is 0 Å². The Balaban J connectivity index is 1.63. The number of hydrogen-bond acceptors (Lipinski definition) is 2. The van der Waals surface area contributed by atoms with Crippen LogP contribution in [0.1, 0.15) is 11.5 Å². The fourth-order valence-corrected chi connectivity index (χ4v) is 3.16. The highest BCUT2D eigenvalue weighted by molar-refractivity contribution is 6.09. The van der Waals surface area contributed by atoms with E-state index in [1.165, 1.54) is 10.8 Å². The molecule has 5 aromatic rings. The van der Waals surface area contributed by atoms with E-state index in [1.807, 2.05) is 42.5 Å². The molecule has 0 aliphatic heterocycles. The number of benzene rings is 3. The Hall–Kier alpha value is -3.33. The second-order valence-corrected chi connectivity index (χ2v) is 5.79. The second-order valence-electron chi connectivity index (χ2n) is 5.79. The average Bonchev–Trinajstić information content (AvgIpc) is 3.21. The lowest BCUT2D eigenvalue weighted by Gasteiger charge is -1.96. The monoisotopic (exact) mass is 310 g/mol. The van der Waals surface area contributed by atoms with Crippen molar-refractivity contribution in [3.63, 3.8) is 0 Å². The lowest BCUT2D eigenvalue weighted by molar-refractivity contribution is 0.590. The molecule has 3 aromatic carbocycles. The molecule has 24 heavy (non-hydrogen) atoms. The van der Waals surface area contributed by atoms with Crippen LogP contribution in [0.25, 0.3) is 45.1 Å². The molecule has 2 heterocycles. The first-order valence-corrected chi connectivity index (χ1v) is 7.91. The third-order valence-electron chi connectivity index (χ3n) is 4.29. The number of rotatable bonds is 2. The highest BCUT2D eigenvalue weighted by Gasteiger charge is 2.06. The average molecular weight is 310 g/mol. The highest BCUT2D eigenvalue weighted by atomic mass is 16.3. The predicted molar refractivity (Wildman–Crippen MR) is 98.7 cm³/mol. The van der Waals surface area contributed by atoms with Gasteiger partial charge in [0.2, 0.25) is 5.89 Å². The minimum absolute atomic E-state index is 0.615. The molecule has 114 valence electrons. The van der Waals surface area contributed by atoms with Gasteiger partial charge in [-0.2, -0.15) is 0 Å². The minimum Gasteiger partial charge on any atom is -0.437 e. The van der Waals surface area contributed by atoms with E-state index in [1.54, 1.807) is 0 Å². The maximum atomic E-state index is 5.75. The summed E-state index contributed by atoms with van der Waals surface area (Å²) in [5.41, 5.74) is 5.08. The van der Waals surface area contributed by atoms with Gasteiger partial charge < -0.3 is 9.40 Å². The zero-order valence-electron chi connectivity index (χ0n) is 12.9. The molecule has 1 N–H and O–H groups in total. The first kappa shape index (κ1) is 13.1. The lowest BCUT2D eigenvalue weighted by atomic mass is 10.1. The van der Waals surface area contributed by atoms with Gasteiger partial charge in [-0.25, -0.2) is 4.98 Å². The number of aromatic amines is 1. The molecule has 0 atom stereocenters. The molecular formula is C21H14N2O. The zero-order valence-corrected chi connectivity index (χ0v) is 12.9. The van der Waals surface area contributed by atoms with Gasteiger partial charge in [-0.1, -0.05) is 48.5 Å². The molecule has 0 fully saturated rings. The van der Waals surface area contributed by atoms with E-state index in [0.717, 1.165) is 27.7 Å². The van der Waals surface area contributed by atoms with E-state index in [9.17, 15) is 0 Å². The van der Waals surface area contributed by atoms with Gasteiger partial charge in [0.05, 0.1) is 5.52 Å². The molecule has 0 spiro atoms. The second kappa shape index (κ2) is 5.10. The van der Waals surface area contributed by atoms with E-state index in [0.29, 0.717) is 5.89 Å². The van der Waals surface area contributed by atoms with Crippen molar-refractivity contribution >= 4 is 45.1 Å². The van der Waals surface area contributed by atoms with Gasteiger partial charge in [-0.3, -0.25) is 0 Å². The highest BCUT2D eigenvalue weighted by Crippen LogP contribution is 2.28. The SMILES string of the molecule is C(=C\c1cccc2c1[nH]c1ccccc12)/c1nc2ccccc2o1. The lowest BCUT2D eigenvalue weighted by Crippen LogP contribution is -1.76. The number of oxazole rings is 1. The van der Waals surface area contributed by atoms with Gasteiger partial charge in [-0.05, 0) is 29.8 Å². The summed E-state index contributed by atoms with van der Waals surface area (Å²) in [7, 11) is 0. The van der Waals surface area contributed by atoms with E-state index in [4.69, 9.17) is 4.42 Å². The third-order valence-corrected chi connectivity index (χ3v) is 4.29. The minimum atomic E-state index is 0.615. The maximum absolute atomic E-state index is 5.75. The molecule has 0 saturated heterocycles. The Labute approximate surface area is 138 Å². The summed E-state index contributed by atoms with van der Waals surface area (Å²) in [6, 6.07) is 22.5. The largest absolute Gasteiger partial charge is 0.437 e. The van der Waals surface area contributed by atoms with Crippen LogP contribution >= 0.6 is 0 Å². The van der Waals surface area contributed by atoms with Crippen LogP contribution in [0.5, 0.6) is 0 Å². The van der Waals surface area contributed by atoms with Crippen molar-refractivity contribution in [2.45, 2.75) is 0 Å². The van der Waals surface area contributed by atoms with Crippen LogP contribution in [0.2, 0.25) is 0 Å². The predicted octanol–water partition coefficient (Wildman–Crippen LogP) is 5.63. The molecule has 3 heteroatoms. The van der Waals surface area contributed by atoms with Gasteiger partial charge in [0.1, 0.15) is 5.52 Å². The van der Waals surface area contributed by atoms with Crippen molar-refractivity contribution in [3.8, 4) is 0 Å². The van der Waals surface area contributed by atoms with Crippen molar-refractivity contribution in [1.29, 1.82) is 0 Å². The van der Waals surface area contributed by atoms with Crippen molar-refractivity contribution in [2.75, 3.05) is 0 Å². The maximum Gasteiger partial charge on any atom is 0.220 e. The van der Waals surface area contributed by atoms with Gasteiger partial charge in [-0.15, -0.1) is 0 Å².